The fraction of sp³-hybridized carbons (Fsp3) is 0.161. The Hall–Kier alpha value is -4.63. The van der Waals surface area contributed by atoms with Crippen molar-refractivity contribution in [1.29, 1.82) is 0 Å². The molecule has 40 heavy (non-hydrogen) atoms. The number of nitrogens with one attached hydrogen (secondary N) is 2. The Morgan fingerprint density at radius 3 is 2.42 bits per heavy atom. The van der Waals surface area contributed by atoms with Gasteiger partial charge in [-0.1, -0.05) is 26.0 Å². The number of fused-ring (bicyclic) bond motifs is 3. The van der Waals surface area contributed by atoms with Gasteiger partial charge in [0.2, 0.25) is 0 Å². The summed E-state index contributed by atoms with van der Waals surface area (Å²) in [6, 6.07) is 14.9. The Balaban J connectivity index is 1.40. The van der Waals surface area contributed by atoms with Crippen LogP contribution in [0.4, 0.5) is 30.2 Å². The number of aliphatic hydroxyl groups is 1. The van der Waals surface area contributed by atoms with Crippen molar-refractivity contribution < 1.29 is 23.1 Å². The number of pyridine rings is 1. The van der Waals surface area contributed by atoms with E-state index in [1.165, 1.54) is 0 Å². The van der Waals surface area contributed by atoms with Crippen LogP contribution in [0.25, 0.3) is 22.0 Å². The predicted molar refractivity (Wildman–Crippen MR) is 148 cm³/mol. The zero-order valence-electron chi connectivity index (χ0n) is 21.7. The summed E-state index contributed by atoms with van der Waals surface area (Å²) in [7, 11) is 0. The molecule has 5 aromatic rings. The molecule has 2 aromatic heterocycles. The first-order chi connectivity index (χ1) is 19.1. The van der Waals surface area contributed by atoms with E-state index in [0.29, 0.717) is 22.6 Å². The number of anilines is 3. The van der Waals surface area contributed by atoms with Crippen LogP contribution in [0.1, 0.15) is 35.3 Å². The van der Waals surface area contributed by atoms with Gasteiger partial charge in [-0.25, -0.2) is 13.2 Å². The van der Waals surface area contributed by atoms with Gasteiger partial charge in [0.1, 0.15) is 0 Å². The van der Waals surface area contributed by atoms with Crippen molar-refractivity contribution in [1.82, 2.24) is 9.55 Å². The van der Waals surface area contributed by atoms with Crippen molar-refractivity contribution in [3.8, 4) is 11.1 Å². The third-order valence-electron chi connectivity index (χ3n) is 7.37. The smallest absolute Gasteiger partial charge is 0.257 e. The first-order valence-electron chi connectivity index (χ1n) is 12.7. The highest BCUT2D eigenvalue weighted by Crippen LogP contribution is 2.39. The van der Waals surface area contributed by atoms with Gasteiger partial charge in [-0.15, -0.1) is 0 Å². The van der Waals surface area contributed by atoms with Gasteiger partial charge in [-0.3, -0.25) is 9.78 Å². The normalized spacial score (nSPS) is 12.9. The van der Waals surface area contributed by atoms with Crippen molar-refractivity contribution in [2.75, 3.05) is 17.2 Å². The number of carbonyl (C=O) groups excluding carboxylic acids is 1. The molecule has 202 valence electrons. The van der Waals surface area contributed by atoms with Crippen molar-refractivity contribution in [3.05, 3.63) is 107 Å². The molecule has 1 amide bonds. The summed E-state index contributed by atoms with van der Waals surface area (Å²) < 4.78 is 43.0. The molecule has 3 aromatic carbocycles. The molecule has 0 saturated carbocycles. The largest absolute Gasteiger partial charge is 0.395 e. The maximum atomic E-state index is 13.9. The number of hydrogen-bond acceptors (Lipinski definition) is 4. The molecule has 1 aliphatic rings. The molecule has 0 saturated heterocycles. The van der Waals surface area contributed by atoms with Crippen LogP contribution in [0, 0.1) is 17.5 Å². The number of benzene rings is 3. The van der Waals surface area contributed by atoms with Gasteiger partial charge >= 0.3 is 0 Å². The number of aliphatic hydroxyl groups excluding tert-OH is 1. The highest BCUT2D eigenvalue weighted by Gasteiger charge is 2.25. The van der Waals surface area contributed by atoms with E-state index < -0.39 is 22.9 Å². The topological polar surface area (TPSA) is 79.2 Å². The first-order valence-corrected chi connectivity index (χ1v) is 12.7. The monoisotopic (exact) mass is 542 g/mol. The number of aromatic nitrogens is 2. The molecule has 3 N–H and O–H groups in total. The summed E-state index contributed by atoms with van der Waals surface area (Å²) in [5.41, 5.74) is 5.47. The molecule has 0 fully saturated rings. The zero-order chi connectivity index (χ0) is 28.2. The lowest BCUT2D eigenvalue weighted by molar-refractivity contribution is 0.102. The Morgan fingerprint density at radius 1 is 0.900 bits per heavy atom. The minimum absolute atomic E-state index is 0.0368. The van der Waals surface area contributed by atoms with E-state index in [2.05, 4.69) is 15.6 Å². The van der Waals surface area contributed by atoms with Crippen LogP contribution in [-0.4, -0.2) is 27.2 Å². The van der Waals surface area contributed by atoms with Crippen LogP contribution >= 0.6 is 0 Å². The minimum atomic E-state index is -1.50. The molecule has 0 unspecified atom stereocenters. The second kappa shape index (κ2) is 9.53. The van der Waals surface area contributed by atoms with E-state index in [9.17, 15) is 23.1 Å². The highest BCUT2D eigenvalue weighted by molar-refractivity contribution is 6.13. The van der Waals surface area contributed by atoms with Crippen LogP contribution in [-0.2, 0) is 12.0 Å². The van der Waals surface area contributed by atoms with Gasteiger partial charge < -0.3 is 20.3 Å². The second-order valence-electron chi connectivity index (χ2n) is 10.6. The SMILES string of the molecule is CC(C)(CO)c1ccc2c(c1)NC(=O)c1ccc(-c3cn(Cc4cc(F)c(F)c(F)c4)c4cnccc34)cc1N2. The number of amides is 1. The number of halogens is 3. The average Bonchev–Trinajstić information content (AvgIpc) is 3.23. The highest BCUT2D eigenvalue weighted by atomic mass is 19.2. The number of rotatable bonds is 5. The molecule has 6 rings (SSSR count). The van der Waals surface area contributed by atoms with E-state index in [1.807, 2.05) is 56.4 Å². The van der Waals surface area contributed by atoms with Crippen molar-refractivity contribution >= 4 is 33.9 Å². The van der Waals surface area contributed by atoms with Gasteiger partial charge in [0.25, 0.3) is 5.91 Å². The molecule has 1 aliphatic heterocycles. The van der Waals surface area contributed by atoms with E-state index in [0.717, 1.165) is 39.7 Å². The summed E-state index contributed by atoms with van der Waals surface area (Å²) in [6.45, 7) is 3.92. The quantitative estimate of drug-likeness (QED) is 0.215. The Morgan fingerprint density at radius 2 is 1.68 bits per heavy atom. The molecule has 0 bridgehead atoms. The molecule has 0 aliphatic carbocycles. The third kappa shape index (κ3) is 4.38. The van der Waals surface area contributed by atoms with Crippen molar-refractivity contribution in [2.24, 2.45) is 0 Å². The van der Waals surface area contributed by atoms with E-state index in [4.69, 9.17) is 0 Å². The minimum Gasteiger partial charge on any atom is -0.395 e. The van der Waals surface area contributed by atoms with Crippen LogP contribution in [0.2, 0.25) is 0 Å². The Bertz CT molecular complexity index is 1790. The summed E-state index contributed by atoms with van der Waals surface area (Å²) >= 11 is 0. The lowest BCUT2D eigenvalue weighted by Crippen LogP contribution is -2.22. The molecular formula is C31H25F3N4O2. The maximum Gasteiger partial charge on any atom is 0.257 e. The molecular weight excluding hydrogens is 517 g/mol. The Labute approximate surface area is 228 Å². The standard InChI is InChI=1S/C31H25F3N4O2/c1-31(2,16-39)19-4-6-25-27(12-19)37-30(40)21-5-3-18(11-26(21)36-25)22-15-38(28-13-35-8-7-20(22)28)14-17-9-23(32)29(34)24(33)10-17/h3-13,15,36,39H,14,16H2,1-2H3,(H,37,40). The summed E-state index contributed by atoms with van der Waals surface area (Å²) in [4.78, 5) is 17.4. The maximum absolute atomic E-state index is 13.9. The molecule has 0 spiro atoms. The van der Waals surface area contributed by atoms with Crippen molar-refractivity contribution in [3.63, 3.8) is 0 Å². The third-order valence-corrected chi connectivity index (χ3v) is 7.37. The molecule has 6 nitrogen and oxygen atoms in total. The van der Waals surface area contributed by atoms with Gasteiger partial charge in [-0.05, 0) is 59.2 Å². The van der Waals surface area contributed by atoms with Gasteiger partial charge in [0, 0.05) is 35.3 Å². The zero-order valence-corrected chi connectivity index (χ0v) is 21.7. The first kappa shape index (κ1) is 25.6. The van der Waals surface area contributed by atoms with Gasteiger partial charge in [0.15, 0.2) is 17.5 Å². The molecule has 0 radical (unpaired) electrons. The van der Waals surface area contributed by atoms with Crippen LogP contribution < -0.4 is 10.6 Å². The number of carbonyl (C=O) groups is 1. The van der Waals surface area contributed by atoms with E-state index >= 15 is 0 Å². The average molecular weight is 543 g/mol. The summed E-state index contributed by atoms with van der Waals surface area (Å²) in [5, 5.41) is 17.0. The molecule has 3 heterocycles. The van der Waals surface area contributed by atoms with E-state index in [1.54, 1.807) is 23.0 Å². The molecule has 9 heteroatoms. The van der Waals surface area contributed by atoms with Crippen molar-refractivity contribution in [2.45, 2.75) is 25.8 Å². The van der Waals surface area contributed by atoms with Gasteiger partial charge in [-0.2, -0.15) is 0 Å². The molecule has 0 atom stereocenters. The second-order valence-corrected chi connectivity index (χ2v) is 10.6. The van der Waals surface area contributed by atoms with Crippen LogP contribution in [0.3, 0.4) is 0 Å². The number of nitrogens with zero attached hydrogens (tertiary/aromatic N) is 2. The summed E-state index contributed by atoms with van der Waals surface area (Å²) in [5.74, 6) is -4.25. The summed E-state index contributed by atoms with van der Waals surface area (Å²) in [6.07, 6.45) is 5.16. The van der Waals surface area contributed by atoms with Crippen LogP contribution in [0.5, 0.6) is 0 Å². The lowest BCUT2D eigenvalue weighted by Gasteiger charge is -2.23. The number of hydrogen-bond donors (Lipinski definition) is 3. The Kier molecular flexibility index (Phi) is 6.11. The predicted octanol–water partition coefficient (Wildman–Crippen LogP) is 6.75. The van der Waals surface area contributed by atoms with Gasteiger partial charge in [0.05, 0.1) is 40.9 Å². The van der Waals surface area contributed by atoms with E-state index in [-0.39, 0.29) is 24.6 Å². The van der Waals surface area contributed by atoms with Crippen LogP contribution in [0.15, 0.2) is 73.2 Å². The lowest BCUT2D eigenvalue weighted by atomic mass is 9.85. The fourth-order valence-corrected chi connectivity index (χ4v) is 5.01. The fourth-order valence-electron chi connectivity index (χ4n) is 5.01.